The first-order valence-electron chi connectivity index (χ1n) is 6.87. The molecule has 0 unspecified atom stereocenters. The van der Waals surface area contributed by atoms with Crippen molar-refractivity contribution in [1.29, 1.82) is 5.26 Å². The van der Waals surface area contributed by atoms with Crippen LogP contribution in [0.25, 0.3) is 0 Å². The van der Waals surface area contributed by atoms with Gasteiger partial charge in [-0.2, -0.15) is 5.26 Å². The zero-order valence-corrected chi connectivity index (χ0v) is 12.4. The maximum atomic E-state index is 11.6. The van der Waals surface area contributed by atoms with E-state index < -0.39 is 11.7 Å². The third-order valence-corrected chi connectivity index (χ3v) is 3.35. The van der Waals surface area contributed by atoms with Gasteiger partial charge < -0.3 is 15.0 Å². The molecule has 1 fully saturated rings. The second-order valence-electron chi connectivity index (χ2n) is 6.26. The summed E-state index contributed by atoms with van der Waals surface area (Å²) in [5.41, 5.74) is -0.484. The van der Waals surface area contributed by atoms with E-state index in [1.165, 1.54) is 0 Å². The normalized spacial score (nSPS) is 25.2. The molecule has 1 saturated heterocycles. The van der Waals surface area contributed by atoms with E-state index in [1.807, 2.05) is 20.8 Å². The Bertz CT molecular complexity index is 344. The van der Waals surface area contributed by atoms with Gasteiger partial charge in [-0.05, 0) is 59.7 Å². The fourth-order valence-corrected chi connectivity index (χ4v) is 2.24. The van der Waals surface area contributed by atoms with Crippen molar-refractivity contribution in [2.45, 2.75) is 39.2 Å². The molecule has 1 aliphatic heterocycles. The van der Waals surface area contributed by atoms with Crippen molar-refractivity contribution in [2.24, 2.45) is 11.8 Å². The molecule has 0 aromatic carbocycles. The van der Waals surface area contributed by atoms with E-state index in [4.69, 9.17) is 4.74 Å². The lowest BCUT2D eigenvalue weighted by Crippen LogP contribution is -2.37. The number of ether oxygens (including phenoxy) is 1. The molecule has 0 radical (unpaired) electrons. The van der Waals surface area contributed by atoms with Gasteiger partial charge in [-0.3, -0.25) is 0 Å². The first-order chi connectivity index (χ1) is 8.81. The molecular weight excluding hydrogens is 242 g/mol. The monoisotopic (exact) mass is 267 g/mol. The van der Waals surface area contributed by atoms with Crippen LogP contribution in [0.15, 0.2) is 0 Å². The Hall–Kier alpha value is -1.28. The van der Waals surface area contributed by atoms with E-state index in [0.717, 1.165) is 25.9 Å². The van der Waals surface area contributed by atoms with Crippen molar-refractivity contribution in [3.05, 3.63) is 0 Å². The van der Waals surface area contributed by atoms with Crippen LogP contribution in [0.5, 0.6) is 0 Å². The first kappa shape index (κ1) is 15.8. The molecule has 0 aliphatic carbocycles. The number of nitriles is 1. The summed E-state index contributed by atoms with van der Waals surface area (Å²) < 4.78 is 5.21. The Labute approximate surface area is 115 Å². The summed E-state index contributed by atoms with van der Waals surface area (Å²) in [7, 11) is 2.07. The van der Waals surface area contributed by atoms with Gasteiger partial charge in [0.05, 0.1) is 12.0 Å². The van der Waals surface area contributed by atoms with Gasteiger partial charge >= 0.3 is 6.09 Å². The summed E-state index contributed by atoms with van der Waals surface area (Å²) in [4.78, 5) is 13.9. The van der Waals surface area contributed by atoms with Crippen molar-refractivity contribution in [2.75, 3.05) is 26.7 Å². The summed E-state index contributed by atoms with van der Waals surface area (Å²) in [6.07, 6.45) is 1.40. The van der Waals surface area contributed by atoms with Crippen LogP contribution in [0, 0.1) is 23.2 Å². The van der Waals surface area contributed by atoms with Gasteiger partial charge in [0.1, 0.15) is 5.60 Å². The molecule has 1 amide bonds. The molecule has 5 nitrogen and oxygen atoms in total. The lowest BCUT2D eigenvalue weighted by atomic mass is 9.89. The quantitative estimate of drug-likeness (QED) is 0.831. The molecule has 2 atom stereocenters. The van der Waals surface area contributed by atoms with E-state index in [-0.39, 0.29) is 11.8 Å². The van der Waals surface area contributed by atoms with Gasteiger partial charge in [-0.15, -0.1) is 0 Å². The number of carbonyl (C=O) groups excluding carboxylic acids is 1. The predicted molar refractivity (Wildman–Crippen MR) is 73.6 cm³/mol. The Balaban J connectivity index is 2.46. The van der Waals surface area contributed by atoms with Crippen LogP contribution in [0.4, 0.5) is 4.79 Å². The van der Waals surface area contributed by atoms with Crippen LogP contribution in [0.2, 0.25) is 0 Å². The van der Waals surface area contributed by atoms with Gasteiger partial charge in [-0.25, -0.2) is 4.79 Å². The third-order valence-electron chi connectivity index (χ3n) is 3.35. The minimum absolute atomic E-state index is 0.0138. The van der Waals surface area contributed by atoms with Crippen LogP contribution in [0.1, 0.15) is 33.6 Å². The van der Waals surface area contributed by atoms with Crippen molar-refractivity contribution in [3.63, 3.8) is 0 Å². The SMILES string of the molecule is CN1CC[C@@H](CNC(=O)OC(C)(C)C)[C@H](C#N)CC1. The van der Waals surface area contributed by atoms with Crippen molar-refractivity contribution >= 4 is 6.09 Å². The topological polar surface area (TPSA) is 65.4 Å². The minimum atomic E-state index is -0.484. The molecule has 0 aromatic rings. The van der Waals surface area contributed by atoms with E-state index in [0.29, 0.717) is 6.54 Å². The Kier molecular flexibility index (Phi) is 5.61. The Morgan fingerprint density at radius 2 is 2.05 bits per heavy atom. The second kappa shape index (κ2) is 6.76. The van der Waals surface area contributed by atoms with Gasteiger partial charge in [0, 0.05) is 6.54 Å². The Morgan fingerprint density at radius 3 is 2.63 bits per heavy atom. The fourth-order valence-electron chi connectivity index (χ4n) is 2.24. The smallest absolute Gasteiger partial charge is 0.407 e. The summed E-state index contributed by atoms with van der Waals surface area (Å²) >= 11 is 0. The molecule has 1 rings (SSSR count). The summed E-state index contributed by atoms with van der Waals surface area (Å²) in [5, 5.41) is 12.0. The van der Waals surface area contributed by atoms with Gasteiger partial charge in [0.15, 0.2) is 0 Å². The lowest BCUT2D eigenvalue weighted by Gasteiger charge is -2.23. The molecule has 0 spiro atoms. The number of alkyl carbamates (subject to hydrolysis) is 1. The maximum Gasteiger partial charge on any atom is 0.407 e. The molecule has 1 aliphatic rings. The number of likely N-dealkylation sites (tertiary alicyclic amines) is 1. The van der Waals surface area contributed by atoms with E-state index in [9.17, 15) is 10.1 Å². The lowest BCUT2D eigenvalue weighted by molar-refractivity contribution is 0.0515. The van der Waals surface area contributed by atoms with E-state index >= 15 is 0 Å². The Morgan fingerprint density at radius 1 is 1.42 bits per heavy atom. The third kappa shape index (κ3) is 5.93. The largest absolute Gasteiger partial charge is 0.444 e. The zero-order chi connectivity index (χ0) is 14.5. The molecule has 0 bridgehead atoms. The van der Waals surface area contributed by atoms with E-state index in [2.05, 4.69) is 23.3 Å². The van der Waals surface area contributed by atoms with Crippen molar-refractivity contribution in [3.8, 4) is 6.07 Å². The summed E-state index contributed by atoms with van der Waals surface area (Å²) in [6.45, 7) is 7.95. The molecule has 1 heterocycles. The number of amides is 1. The number of rotatable bonds is 2. The highest BCUT2D eigenvalue weighted by atomic mass is 16.6. The van der Waals surface area contributed by atoms with Gasteiger partial charge in [-0.1, -0.05) is 0 Å². The standard InChI is InChI=1S/C14H25N3O2/c1-14(2,3)19-13(18)16-10-12-6-8-17(4)7-5-11(12)9-15/h11-12H,5-8,10H2,1-4H3,(H,16,18)/t11-,12-/m0/s1. The van der Waals surface area contributed by atoms with E-state index in [1.54, 1.807) is 0 Å². The van der Waals surface area contributed by atoms with Crippen LogP contribution >= 0.6 is 0 Å². The van der Waals surface area contributed by atoms with Crippen LogP contribution in [0.3, 0.4) is 0 Å². The first-order valence-corrected chi connectivity index (χ1v) is 6.87. The molecule has 19 heavy (non-hydrogen) atoms. The number of hydrogen-bond acceptors (Lipinski definition) is 4. The van der Waals surface area contributed by atoms with Crippen molar-refractivity contribution < 1.29 is 9.53 Å². The highest BCUT2D eigenvalue weighted by molar-refractivity contribution is 5.67. The molecular formula is C14H25N3O2. The van der Waals surface area contributed by atoms with Crippen molar-refractivity contribution in [1.82, 2.24) is 10.2 Å². The number of nitrogens with one attached hydrogen (secondary N) is 1. The number of hydrogen-bond donors (Lipinski definition) is 1. The average Bonchev–Trinajstić information content (AvgIpc) is 2.46. The van der Waals surface area contributed by atoms with Crippen LogP contribution in [-0.4, -0.2) is 43.3 Å². The number of nitrogens with zero attached hydrogens (tertiary/aromatic N) is 2. The highest BCUT2D eigenvalue weighted by Crippen LogP contribution is 2.22. The van der Waals surface area contributed by atoms with Gasteiger partial charge in [0.25, 0.3) is 0 Å². The maximum absolute atomic E-state index is 11.6. The average molecular weight is 267 g/mol. The van der Waals surface area contributed by atoms with Gasteiger partial charge in [0.2, 0.25) is 0 Å². The molecule has 1 N–H and O–H groups in total. The number of carbonyl (C=O) groups is 1. The molecule has 0 saturated carbocycles. The fraction of sp³-hybridized carbons (Fsp3) is 0.857. The molecule has 0 aromatic heterocycles. The summed E-state index contributed by atoms with van der Waals surface area (Å²) in [6, 6.07) is 2.37. The zero-order valence-electron chi connectivity index (χ0n) is 12.4. The molecule has 108 valence electrons. The van der Waals surface area contributed by atoms with Crippen LogP contribution < -0.4 is 5.32 Å². The molecule has 5 heteroatoms. The predicted octanol–water partition coefficient (Wildman–Crippen LogP) is 1.99. The summed E-state index contributed by atoms with van der Waals surface area (Å²) in [5.74, 6) is 0.224. The minimum Gasteiger partial charge on any atom is -0.444 e. The highest BCUT2D eigenvalue weighted by Gasteiger charge is 2.26. The second-order valence-corrected chi connectivity index (χ2v) is 6.26. The van der Waals surface area contributed by atoms with Crippen LogP contribution in [-0.2, 0) is 4.74 Å².